The fourth-order valence-corrected chi connectivity index (χ4v) is 4.64. The molecule has 26 heavy (non-hydrogen) atoms. The molecule has 1 aliphatic rings. The topological polar surface area (TPSA) is 46.6 Å². The summed E-state index contributed by atoms with van der Waals surface area (Å²) >= 11 is 0. The van der Waals surface area contributed by atoms with Gasteiger partial charge in [0.15, 0.2) is 0 Å². The van der Waals surface area contributed by atoms with Gasteiger partial charge in [0.25, 0.3) is 0 Å². The van der Waals surface area contributed by atoms with E-state index >= 15 is 0 Å². The molecule has 2 aromatic carbocycles. The van der Waals surface area contributed by atoms with E-state index in [0.717, 1.165) is 42.7 Å². The number of halogens is 3. The first-order valence-electron chi connectivity index (χ1n) is 8.16. The molecule has 0 saturated carbocycles. The number of alkyl halides is 3. The Balaban J connectivity index is 1.77. The second-order valence-corrected chi connectivity index (χ2v) is 8.07. The van der Waals surface area contributed by atoms with Gasteiger partial charge in [0.1, 0.15) is 5.75 Å². The summed E-state index contributed by atoms with van der Waals surface area (Å²) in [5.74, 6) is -0.343. The zero-order valence-electron chi connectivity index (χ0n) is 13.8. The summed E-state index contributed by atoms with van der Waals surface area (Å²) in [6.45, 7) is 0.750. The summed E-state index contributed by atoms with van der Waals surface area (Å²) in [6.07, 6.45) is -3.18. The Morgan fingerprint density at radius 3 is 2.27 bits per heavy atom. The van der Waals surface area contributed by atoms with E-state index in [1.54, 1.807) is 0 Å². The molecule has 0 N–H and O–H groups in total. The van der Waals surface area contributed by atoms with Crippen molar-refractivity contribution in [3.63, 3.8) is 0 Å². The number of benzene rings is 2. The number of ether oxygens (including phenoxy) is 1. The van der Waals surface area contributed by atoms with Crippen molar-refractivity contribution < 1.29 is 26.3 Å². The first kappa shape index (κ1) is 18.7. The van der Waals surface area contributed by atoms with Gasteiger partial charge in [-0.05, 0) is 48.6 Å². The Kier molecular flexibility index (Phi) is 5.24. The molecular weight excluding hydrogens is 367 g/mol. The highest BCUT2D eigenvalue weighted by molar-refractivity contribution is 7.89. The average molecular weight is 385 g/mol. The zero-order valence-corrected chi connectivity index (χ0v) is 14.6. The molecule has 1 aliphatic heterocycles. The maximum absolute atomic E-state index is 12.8. The van der Waals surface area contributed by atoms with Crippen LogP contribution in [-0.4, -0.2) is 32.2 Å². The van der Waals surface area contributed by atoms with E-state index in [1.165, 1.54) is 4.31 Å². The molecule has 0 spiro atoms. The minimum absolute atomic E-state index is 0.0410. The number of sulfonamides is 1. The van der Waals surface area contributed by atoms with Crippen molar-refractivity contribution in [3.05, 3.63) is 60.2 Å². The van der Waals surface area contributed by atoms with E-state index in [2.05, 4.69) is 4.74 Å². The van der Waals surface area contributed by atoms with Crippen LogP contribution >= 0.6 is 0 Å². The standard InChI is InChI=1S/C18H18F3NO3S/c19-18(20,21)25-16-8-10-17(11-9-16)26(23,24)22-12-4-7-15(13-22)14-5-2-1-3-6-14/h1-3,5-6,8-11,15H,4,7,12-13H2/t15-/m0/s1. The summed E-state index contributed by atoms with van der Waals surface area (Å²) in [6, 6.07) is 14.0. The van der Waals surface area contributed by atoms with Crippen molar-refractivity contribution in [1.29, 1.82) is 0 Å². The highest BCUT2D eigenvalue weighted by atomic mass is 32.2. The van der Waals surface area contributed by atoms with Crippen molar-refractivity contribution in [2.45, 2.75) is 30.0 Å². The molecule has 8 heteroatoms. The molecule has 2 aromatic rings. The quantitative estimate of drug-likeness (QED) is 0.794. The van der Waals surface area contributed by atoms with E-state index in [-0.39, 0.29) is 10.8 Å². The van der Waals surface area contributed by atoms with Crippen molar-refractivity contribution >= 4 is 10.0 Å². The zero-order chi connectivity index (χ0) is 18.8. The van der Waals surface area contributed by atoms with Crippen molar-refractivity contribution in [2.75, 3.05) is 13.1 Å². The third kappa shape index (κ3) is 4.37. The fraction of sp³-hybridized carbons (Fsp3) is 0.333. The molecule has 3 rings (SSSR count). The van der Waals surface area contributed by atoms with E-state index in [0.29, 0.717) is 13.1 Å². The van der Waals surface area contributed by atoms with Gasteiger partial charge < -0.3 is 4.74 Å². The van der Waals surface area contributed by atoms with Gasteiger partial charge in [-0.25, -0.2) is 8.42 Å². The minimum Gasteiger partial charge on any atom is -0.406 e. The smallest absolute Gasteiger partial charge is 0.406 e. The Labute approximate surface area is 150 Å². The average Bonchev–Trinajstić information content (AvgIpc) is 2.62. The monoisotopic (exact) mass is 385 g/mol. The van der Waals surface area contributed by atoms with Gasteiger partial charge in [0, 0.05) is 13.1 Å². The van der Waals surface area contributed by atoms with Crippen LogP contribution in [0.25, 0.3) is 0 Å². The summed E-state index contributed by atoms with van der Waals surface area (Å²) < 4.78 is 67.5. The Morgan fingerprint density at radius 1 is 1.00 bits per heavy atom. The van der Waals surface area contributed by atoms with E-state index < -0.39 is 22.1 Å². The van der Waals surface area contributed by atoms with Gasteiger partial charge in [-0.1, -0.05) is 30.3 Å². The van der Waals surface area contributed by atoms with Crippen LogP contribution in [0.4, 0.5) is 13.2 Å². The van der Waals surface area contributed by atoms with Gasteiger partial charge >= 0.3 is 6.36 Å². The van der Waals surface area contributed by atoms with Gasteiger partial charge in [0.2, 0.25) is 10.0 Å². The van der Waals surface area contributed by atoms with E-state index in [9.17, 15) is 21.6 Å². The molecule has 0 unspecified atom stereocenters. The van der Waals surface area contributed by atoms with Gasteiger partial charge in [-0.15, -0.1) is 13.2 Å². The van der Waals surface area contributed by atoms with Crippen LogP contribution < -0.4 is 4.74 Å². The molecule has 1 saturated heterocycles. The normalized spacial score (nSPS) is 19.3. The Bertz CT molecular complexity index is 836. The van der Waals surface area contributed by atoms with E-state index in [1.807, 2.05) is 30.3 Å². The molecule has 0 aromatic heterocycles. The Hall–Kier alpha value is -2.06. The fourth-order valence-electron chi connectivity index (χ4n) is 3.12. The molecule has 0 bridgehead atoms. The maximum atomic E-state index is 12.8. The molecular formula is C18H18F3NO3S. The lowest BCUT2D eigenvalue weighted by Gasteiger charge is -2.32. The first-order chi connectivity index (χ1) is 12.3. The summed E-state index contributed by atoms with van der Waals surface area (Å²) in [4.78, 5) is -0.0410. The van der Waals surface area contributed by atoms with Crippen LogP contribution in [-0.2, 0) is 10.0 Å². The lowest BCUT2D eigenvalue weighted by Crippen LogP contribution is -2.39. The van der Waals surface area contributed by atoms with Crippen LogP contribution in [0, 0.1) is 0 Å². The van der Waals surface area contributed by atoms with Crippen LogP contribution in [0.15, 0.2) is 59.5 Å². The van der Waals surface area contributed by atoms with Crippen LogP contribution in [0.1, 0.15) is 24.3 Å². The van der Waals surface area contributed by atoms with Crippen molar-refractivity contribution in [2.24, 2.45) is 0 Å². The molecule has 0 radical (unpaired) electrons. The van der Waals surface area contributed by atoms with Crippen LogP contribution in [0.5, 0.6) is 5.75 Å². The lowest BCUT2D eigenvalue weighted by molar-refractivity contribution is -0.274. The molecule has 1 heterocycles. The summed E-state index contributed by atoms with van der Waals surface area (Å²) in [7, 11) is -3.77. The number of nitrogens with zero attached hydrogens (tertiary/aromatic N) is 1. The molecule has 0 amide bonds. The highest BCUT2D eigenvalue weighted by Gasteiger charge is 2.33. The lowest BCUT2D eigenvalue weighted by atomic mass is 9.92. The Morgan fingerprint density at radius 2 is 1.65 bits per heavy atom. The van der Waals surface area contributed by atoms with Crippen LogP contribution in [0.3, 0.4) is 0 Å². The second-order valence-electron chi connectivity index (χ2n) is 6.13. The second kappa shape index (κ2) is 7.28. The van der Waals surface area contributed by atoms with Crippen molar-refractivity contribution in [1.82, 2.24) is 4.31 Å². The number of hydrogen-bond donors (Lipinski definition) is 0. The molecule has 1 atom stereocenters. The number of hydrogen-bond acceptors (Lipinski definition) is 3. The van der Waals surface area contributed by atoms with Gasteiger partial charge in [-0.3, -0.25) is 0 Å². The largest absolute Gasteiger partial charge is 0.573 e. The van der Waals surface area contributed by atoms with Gasteiger partial charge in [0.05, 0.1) is 4.90 Å². The van der Waals surface area contributed by atoms with Gasteiger partial charge in [-0.2, -0.15) is 4.31 Å². The number of rotatable bonds is 4. The predicted octanol–water partition coefficient (Wildman–Crippen LogP) is 4.15. The minimum atomic E-state index is -4.81. The number of piperidine rings is 1. The SMILES string of the molecule is O=S(=O)(c1ccc(OC(F)(F)F)cc1)N1CCC[C@H](c2ccccc2)C1. The highest BCUT2D eigenvalue weighted by Crippen LogP contribution is 2.31. The van der Waals surface area contributed by atoms with E-state index in [4.69, 9.17) is 0 Å². The summed E-state index contributed by atoms with van der Waals surface area (Å²) in [5.41, 5.74) is 1.08. The third-order valence-corrected chi connectivity index (χ3v) is 6.23. The molecule has 1 fully saturated rings. The summed E-state index contributed by atoms with van der Waals surface area (Å²) in [5, 5.41) is 0. The first-order valence-corrected chi connectivity index (χ1v) is 9.60. The third-order valence-electron chi connectivity index (χ3n) is 4.35. The molecule has 0 aliphatic carbocycles. The maximum Gasteiger partial charge on any atom is 0.573 e. The van der Waals surface area contributed by atoms with Crippen molar-refractivity contribution in [3.8, 4) is 5.75 Å². The molecule has 4 nitrogen and oxygen atoms in total. The predicted molar refractivity (Wildman–Crippen MR) is 90.3 cm³/mol. The molecule has 140 valence electrons. The van der Waals surface area contributed by atoms with Crippen LogP contribution in [0.2, 0.25) is 0 Å².